The van der Waals surface area contributed by atoms with E-state index in [1.54, 1.807) is 11.0 Å². The Balaban J connectivity index is 1.79. The van der Waals surface area contributed by atoms with Gasteiger partial charge in [0.1, 0.15) is 18.0 Å². The molecule has 1 saturated heterocycles. The number of piperazine rings is 1. The van der Waals surface area contributed by atoms with E-state index in [1.807, 2.05) is 11.8 Å². The first-order valence-electron chi connectivity index (χ1n) is 10.1. The minimum atomic E-state index is -4.64. The number of anilines is 2. The Kier molecular flexibility index (Phi) is 5.87. The first-order valence-corrected chi connectivity index (χ1v) is 10.4. The maximum Gasteiger partial charge on any atom is 0.418 e. The molecule has 1 aliphatic heterocycles. The molecular formula is C22H20ClF3N6O. The molecule has 1 unspecified atom stereocenters. The van der Waals surface area contributed by atoms with Gasteiger partial charge in [-0.05, 0) is 37.3 Å². The molecular weight excluding hydrogens is 457 g/mol. The highest BCUT2D eigenvalue weighted by atomic mass is 35.5. The number of pyridine rings is 1. The molecule has 2 aromatic heterocycles. The summed E-state index contributed by atoms with van der Waals surface area (Å²) in [4.78, 5) is 28.2. The second-order valence-electron chi connectivity index (χ2n) is 7.71. The molecule has 0 saturated carbocycles. The van der Waals surface area contributed by atoms with E-state index in [0.29, 0.717) is 36.4 Å². The number of fused-ring (bicyclic) bond motifs is 1. The predicted octanol–water partition coefficient (Wildman–Crippen LogP) is 4.17. The zero-order chi connectivity index (χ0) is 23.9. The molecule has 7 nitrogen and oxygen atoms in total. The Bertz CT molecular complexity index is 1250. The van der Waals surface area contributed by atoms with Gasteiger partial charge in [0.2, 0.25) is 5.91 Å². The fourth-order valence-corrected chi connectivity index (χ4v) is 4.24. The number of amides is 1. The topological polar surface area (TPSA) is 88.2 Å². The number of hydrogen-bond acceptors (Lipinski definition) is 6. The van der Waals surface area contributed by atoms with Crippen molar-refractivity contribution in [1.29, 1.82) is 0 Å². The van der Waals surface area contributed by atoms with E-state index in [1.165, 1.54) is 18.5 Å². The molecule has 11 heteroatoms. The van der Waals surface area contributed by atoms with Crippen molar-refractivity contribution in [3.63, 3.8) is 0 Å². The third-order valence-corrected chi connectivity index (χ3v) is 5.88. The average molecular weight is 477 g/mol. The van der Waals surface area contributed by atoms with Crippen LogP contribution in [0.5, 0.6) is 0 Å². The second-order valence-corrected chi connectivity index (χ2v) is 8.11. The van der Waals surface area contributed by atoms with E-state index < -0.39 is 11.7 Å². The summed E-state index contributed by atoms with van der Waals surface area (Å²) in [5.74, 6) is 0.387. The average Bonchev–Trinajstić information content (AvgIpc) is 2.77. The van der Waals surface area contributed by atoms with Gasteiger partial charge in [0.05, 0.1) is 21.8 Å². The van der Waals surface area contributed by atoms with Crippen LogP contribution in [-0.2, 0) is 11.0 Å². The third kappa shape index (κ3) is 4.30. The zero-order valence-corrected chi connectivity index (χ0v) is 18.4. The summed E-state index contributed by atoms with van der Waals surface area (Å²) >= 11 is 6.46. The van der Waals surface area contributed by atoms with Crippen molar-refractivity contribution in [3.8, 4) is 11.3 Å². The third-order valence-electron chi connectivity index (χ3n) is 5.57. The van der Waals surface area contributed by atoms with Gasteiger partial charge < -0.3 is 15.5 Å². The van der Waals surface area contributed by atoms with Crippen molar-refractivity contribution in [2.24, 2.45) is 0 Å². The minimum Gasteiger partial charge on any atom is -0.384 e. The maximum absolute atomic E-state index is 13.6. The number of nitrogens with zero attached hydrogens (tertiary/aromatic N) is 5. The molecule has 0 spiro atoms. The lowest BCUT2D eigenvalue weighted by molar-refractivity contribution is -0.137. The summed E-state index contributed by atoms with van der Waals surface area (Å²) in [6, 6.07) is 4.92. The number of nitrogen functional groups attached to an aromatic ring is 1. The van der Waals surface area contributed by atoms with Crippen LogP contribution in [0.4, 0.5) is 24.8 Å². The van der Waals surface area contributed by atoms with Gasteiger partial charge in [0.25, 0.3) is 0 Å². The van der Waals surface area contributed by atoms with E-state index in [9.17, 15) is 18.0 Å². The molecule has 33 heavy (non-hydrogen) atoms. The number of halogens is 4. The molecule has 0 aliphatic carbocycles. The van der Waals surface area contributed by atoms with Gasteiger partial charge in [-0.3, -0.25) is 4.79 Å². The second kappa shape index (κ2) is 8.51. The van der Waals surface area contributed by atoms with Crippen molar-refractivity contribution in [1.82, 2.24) is 19.9 Å². The molecule has 1 atom stereocenters. The first-order chi connectivity index (χ1) is 15.6. The molecule has 172 valence electrons. The fourth-order valence-electron chi connectivity index (χ4n) is 3.98. The van der Waals surface area contributed by atoms with Crippen LogP contribution in [0.1, 0.15) is 12.5 Å². The highest BCUT2D eigenvalue weighted by Gasteiger charge is 2.35. The van der Waals surface area contributed by atoms with Gasteiger partial charge in [0.15, 0.2) is 0 Å². The molecule has 3 aromatic rings. The number of benzene rings is 1. The van der Waals surface area contributed by atoms with Gasteiger partial charge >= 0.3 is 6.18 Å². The van der Waals surface area contributed by atoms with Crippen LogP contribution >= 0.6 is 11.6 Å². The van der Waals surface area contributed by atoms with Crippen LogP contribution in [0.2, 0.25) is 5.02 Å². The molecule has 4 rings (SSSR count). The summed E-state index contributed by atoms with van der Waals surface area (Å²) in [6.07, 6.45) is -2.01. The summed E-state index contributed by atoms with van der Waals surface area (Å²) < 4.78 is 40.8. The lowest BCUT2D eigenvalue weighted by Crippen LogP contribution is -2.53. The van der Waals surface area contributed by atoms with Crippen molar-refractivity contribution in [3.05, 3.63) is 53.8 Å². The Morgan fingerprint density at radius 1 is 1.27 bits per heavy atom. The fraction of sp³-hybridized carbons (Fsp3) is 0.273. The van der Waals surface area contributed by atoms with Gasteiger partial charge in [-0.1, -0.05) is 18.2 Å². The van der Waals surface area contributed by atoms with E-state index in [2.05, 4.69) is 21.5 Å². The van der Waals surface area contributed by atoms with Crippen molar-refractivity contribution in [2.75, 3.05) is 30.3 Å². The van der Waals surface area contributed by atoms with Crippen LogP contribution in [0.15, 0.2) is 43.2 Å². The highest BCUT2D eigenvalue weighted by Crippen LogP contribution is 2.41. The standard InChI is InChI=1S/C22H20ClF3N6O/c1-3-19(33)31-6-7-32(12(2)10-31)21-14-8-16(23)13(9-17(14)28-11-29-21)20-15(22(24,25)26)4-5-18(27)30-20/h3-5,8-9,11-12H,1,6-7,10H2,2H3,(H2,27,30). The number of nitrogens with two attached hydrogens (primary N) is 1. The Morgan fingerprint density at radius 3 is 2.70 bits per heavy atom. The van der Waals surface area contributed by atoms with E-state index >= 15 is 0 Å². The number of alkyl halides is 3. The Hall–Kier alpha value is -3.40. The maximum atomic E-state index is 13.6. The van der Waals surface area contributed by atoms with Gasteiger partial charge in [-0.15, -0.1) is 0 Å². The molecule has 0 bridgehead atoms. The normalized spacial score (nSPS) is 16.8. The molecule has 0 radical (unpaired) electrons. The quantitative estimate of drug-likeness (QED) is 0.571. The lowest BCUT2D eigenvalue weighted by atomic mass is 10.0. The van der Waals surface area contributed by atoms with E-state index in [-0.39, 0.29) is 34.0 Å². The molecule has 1 amide bonds. The Morgan fingerprint density at radius 2 is 2.03 bits per heavy atom. The van der Waals surface area contributed by atoms with Crippen LogP contribution < -0.4 is 10.6 Å². The van der Waals surface area contributed by atoms with Crippen LogP contribution in [0.3, 0.4) is 0 Å². The highest BCUT2D eigenvalue weighted by molar-refractivity contribution is 6.34. The van der Waals surface area contributed by atoms with Crippen LogP contribution in [0, 0.1) is 0 Å². The number of carbonyl (C=O) groups is 1. The summed E-state index contributed by atoms with van der Waals surface area (Å²) in [5.41, 5.74) is 4.84. The van der Waals surface area contributed by atoms with Crippen LogP contribution in [-0.4, -0.2) is 51.4 Å². The SMILES string of the molecule is C=CC(=O)N1CCN(c2ncnc3cc(-c4nc(N)ccc4C(F)(F)F)c(Cl)cc23)C(C)C1. The van der Waals surface area contributed by atoms with Crippen molar-refractivity contribution < 1.29 is 18.0 Å². The zero-order valence-electron chi connectivity index (χ0n) is 17.6. The van der Waals surface area contributed by atoms with Crippen molar-refractivity contribution >= 4 is 40.0 Å². The minimum absolute atomic E-state index is 0.0571. The summed E-state index contributed by atoms with van der Waals surface area (Å²) in [7, 11) is 0. The number of carbonyl (C=O) groups excluding carboxylic acids is 1. The summed E-state index contributed by atoms with van der Waals surface area (Å²) in [6.45, 7) is 6.95. The lowest BCUT2D eigenvalue weighted by Gasteiger charge is -2.40. The van der Waals surface area contributed by atoms with E-state index in [0.717, 1.165) is 12.1 Å². The van der Waals surface area contributed by atoms with Gasteiger partial charge in [0, 0.05) is 36.6 Å². The molecule has 1 fully saturated rings. The van der Waals surface area contributed by atoms with Gasteiger partial charge in [-0.25, -0.2) is 15.0 Å². The van der Waals surface area contributed by atoms with E-state index in [4.69, 9.17) is 17.3 Å². The molecule has 3 heterocycles. The summed E-state index contributed by atoms with van der Waals surface area (Å²) in [5, 5.41) is 0.648. The van der Waals surface area contributed by atoms with Gasteiger partial charge in [-0.2, -0.15) is 13.2 Å². The number of rotatable bonds is 3. The largest absolute Gasteiger partial charge is 0.418 e. The molecule has 1 aromatic carbocycles. The van der Waals surface area contributed by atoms with Crippen molar-refractivity contribution in [2.45, 2.75) is 19.1 Å². The number of hydrogen-bond donors (Lipinski definition) is 1. The molecule has 2 N–H and O–H groups in total. The monoisotopic (exact) mass is 476 g/mol. The molecule has 1 aliphatic rings. The first kappa shape index (κ1) is 22.8. The predicted molar refractivity (Wildman–Crippen MR) is 121 cm³/mol. The number of aromatic nitrogens is 3. The Labute approximate surface area is 192 Å². The van der Waals surface area contributed by atoms with Crippen LogP contribution in [0.25, 0.3) is 22.2 Å². The smallest absolute Gasteiger partial charge is 0.384 e.